The number of hydrogen-bond acceptors (Lipinski definition) is 4. The molecule has 1 aromatic heterocycles. The number of hydrogen-bond donors (Lipinski definition) is 0. The summed E-state index contributed by atoms with van der Waals surface area (Å²) in [5.41, 5.74) is 1.38. The highest BCUT2D eigenvalue weighted by molar-refractivity contribution is 6.63. The molecule has 0 aromatic carbocycles. The number of pyridine rings is 1. The van der Waals surface area contributed by atoms with Crippen LogP contribution in [-0.4, -0.2) is 23.3 Å². The Labute approximate surface area is 114 Å². The van der Waals surface area contributed by atoms with Gasteiger partial charge in [-0.2, -0.15) is 5.26 Å². The fourth-order valence-corrected chi connectivity index (χ4v) is 2.12. The summed E-state index contributed by atoms with van der Waals surface area (Å²) in [5.74, 6) is 0. The second kappa shape index (κ2) is 4.62. The molecule has 5 heteroatoms. The van der Waals surface area contributed by atoms with E-state index in [2.05, 4.69) is 11.1 Å². The van der Waals surface area contributed by atoms with Crippen molar-refractivity contribution in [3.63, 3.8) is 0 Å². The maximum Gasteiger partial charge on any atom is 0.498 e. The minimum absolute atomic E-state index is 0.411. The van der Waals surface area contributed by atoms with Crippen LogP contribution in [0.25, 0.3) is 0 Å². The van der Waals surface area contributed by atoms with Gasteiger partial charge in [-0.25, -0.2) is 0 Å². The van der Waals surface area contributed by atoms with E-state index in [1.807, 2.05) is 34.6 Å². The fraction of sp³-hybridized carbons (Fsp3) is 0.571. The Hall–Kier alpha value is -1.38. The second-order valence-electron chi connectivity index (χ2n) is 5.77. The zero-order chi connectivity index (χ0) is 14.3. The molecule has 0 spiro atoms. The van der Waals surface area contributed by atoms with Gasteiger partial charge >= 0.3 is 7.12 Å². The molecule has 0 aliphatic carbocycles. The number of aryl methyl sites for hydroxylation is 1. The van der Waals surface area contributed by atoms with Crippen LogP contribution in [0.4, 0.5) is 0 Å². The first-order valence-electron chi connectivity index (χ1n) is 6.56. The molecule has 0 bridgehead atoms. The number of nitrogens with zero attached hydrogens (tertiary/aromatic N) is 2. The van der Waals surface area contributed by atoms with Crippen molar-refractivity contribution in [2.45, 2.75) is 52.2 Å². The van der Waals surface area contributed by atoms with Gasteiger partial charge in [-0.15, -0.1) is 0 Å². The Balaban J connectivity index is 2.48. The number of aromatic nitrogens is 1. The third kappa shape index (κ3) is 2.26. The number of nitriles is 1. The molecule has 1 saturated heterocycles. The van der Waals surface area contributed by atoms with Gasteiger partial charge in [0.15, 0.2) is 0 Å². The first-order valence-corrected chi connectivity index (χ1v) is 6.56. The number of rotatable bonds is 2. The maximum absolute atomic E-state index is 9.27. The Morgan fingerprint density at radius 1 is 1.26 bits per heavy atom. The topological polar surface area (TPSA) is 55.1 Å². The van der Waals surface area contributed by atoms with Crippen LogP contribution < -0.4 is 5.46 Å². The lowest BCUT2D eigenvalue weighted by molar-refractivity contribution is 0.00578. The standard InChI is InChI=1S/C14H19BN2O2/c1-6-11-12(10(9-16)7-8-17-11)15-18-13(2,3)14(4,5)19-15/h7-8H,6H2,1-5H3. The minimum atomic E-state index is -0.525. The van der Waals surface area contributed by atoms with Crippen LogP contribution in [0.15, 0.2) is 12.3 Å². The van der Waals surface area contributed by atoms with E-state index in [0.29, 0.717) is 5.56 Å². The molecular weight excluding hydrogens is 239 g/mol. The molecular formula is C14H19BN2O2. The van der Waals surface area contributed by atoms with Gasteiger partial charge < -0.3 is 9.31 Å². The molecule has 0 atom stereocenters. The molecule has 4 nitrogen and oxygen atoms in total. The molecule has 1 aliphatic rings. The van der Waals surface area contributed by atoms with Crippen molar-refractivity contribution < 1.29 is 9.31 Å². The van der Waals surface area contributed by atoms with Crippen LogP contribution in [0.2, 0.25) is 0 Å². The molecule has 1 fully saturated rings. The van der Waals surface area contributed by atoms with Gasteiger partial charge in [0.2, 0.25) is 0 Å². The van der Waals surface area contributed by atoms with Crippen molar-refractivity contribution in [1.82, 2.24) is 4.98 Å². The van der Waals surface area contributed by atoms with E-state index in [4.69, 9.17) is 9.31 Å². The van der Waals surface area contributed by atoms with Crippen LogP contribution >= 0.6 is 0 Å². The zero-order valence-corrected chi connectivity index (χ0v) is 12.2. The molecule has 1 aromatic rings. The molecule has 0 saturated carbocycles. The molecule has 1 aliphatic heterocycles. The summed E-state index contributed by atoms with van der Waals surface area (Å²) >= 11 is 0. The SMILES string of the molecule is CCc1nccc(C#N)c1B1OC(C)(C)C(C)(C)O1. The molecule has 2 rings (SSSR count). The van der Waals surface area contributed by atoms with Gasteiger partial charge in [0.25, 0.3) is 0 Å². The van der Waals surface area contributed by atoms with Gasteiger partial charge in [0, 0.05) is 17.4 Å². The molecule has 19 heavy (non-hydrogen) atoms. The molecule has 2 heterocycles. The predicted octanol–water partition coefficient (Wildman–Crippen LogP) is 1.81. The summed E-state index contributed by atoms with van der Waals surface area (Å²) < 4.78 is 12.0. The van der Waals surface area contributed by atoms with Crippen LogP contribution in [0, 0.1) is 11.3 Å². The highest BCUT2D eigenvalue weighted by Crippen LogP contribution is 2.36. The first-order chi connectivity index (χ1) is 8.82. The quantitative estimate of drug-likeness (QED) is 0.759. The third-order valence-corrected chi connectivity index (χ3v) is 4.02. The summed E-state index contributed by atoms with van der Waals surface area (Å²) in [5, 5.41) is 9.27. The summed E-state index contributed by atoms with van der Waals surface area (Å²) in [6.45, 7) is 10.0. The summed E-state index contributed by atoms with van der Waals surface area (Å²) in [6, 6.07) is 3.91. The van der Waals surface area contributed by atoms with Crippen molar-refractivity contribution in [1.29, 1.82) is 5.26 Å². The third-order valence-electron chi connectivity index (χ3n) is 4.02. The van der Waals surface area contributed by atoms with Crippen molar-refractivity contribution in [3.05, 3.63) is 23.5 Å². The van der Waals surface area contributed by atoms with E-state index in [1.54, 1.807) is 12.3 Å². The minimum Gasteiger partial charge on any atom is -0.399 e. The molecule has 0 amide bonds. The van der Waals surface area contributed by atoms with E-state index in [0.717, 1.165) is 17.6 Å². The van der Waals surface area contributed by atoms with Crippen LogP contribution in [-0.2, 0) is 15.7 Å². The van der Waals surface area contributed by atoms with E-state index < -0.39 is 18.3 Å². The average Bonchev–Trinajstić information content (AvgIpc) is 2.57. The van der Waals surface area contributed by atoms with E-state index >= 15 is 0 Å². The van der Waals surface area contributed by atoms with Gasteiger partial charge in [0.1, 0.15) is 0 Å². The van der Waals surface area contributed by atoms with E-state index in [1.165, 1.54) is 0 Å². The summed E-state index contributed by atoms with van der Waals surface area (Å²) in [4.78, 5) is 4.33. The Morgan fingerprint density at radius 2 is 1.84 bits per heavy atom. The Bertz CT molecular complexity index is 519. The monoisotopic (exact) mass is 258 g/mol. The van der Waals surface area contributed by atoms with Crippen LogP contribution in [0.1, 0.15) is 45.9 Å². The zero-order valence-electron chi connectivity index (χ0n) is 12.2. The van der Waals surface area contributed by atoms with Crippen molar-refractivity contribution in [2.24, 2.45) is 0 Å². The first kappa shape index (κ1) is 14.0. The van der Waals surface area contributed by atoms with Crippen molar-refractivity contribution >= 4 is 12.6 Å². The Kier molecular flexibility index (Phi) is 3.42. The van der Waals surface area contributed by atoms with Crippen molar-refractivity contribution in [2.75, 3.05) is 0 Å². The highest BCUT2D eigenvalue weighted by Gasteiger charge is 2.52. The Morgan fingerprint density at radius 3 is 2.32 bits per heavy atom. The van der Waals surface area contributed by atoms with Gasteiger partial charge in [-0.05, 0) is 40.2 Å². The molecule has 0 N–H and O–H groups in total. The lowest BCUT2D eigenvalue weighted by atomic mass is 9.74. The van der Waals surface area contributed by atoms with Crippen LogP contribution in [0.3, 0.4) is 0 Å². The van der Waals surface area contributed by atoms with Crippen molar-refractivity contribution in [3.8, 4) is 6.07 Å². The summed E-state index contributed by atoms with van der Waals surface area (Å²) in [6.07, 6.45) is 2.40. The van der Waals surface area contributed by atoms with Gasteiger partial charge in [0.05, 0.1) is 22.8 Å². The lowest BCUT2D eigenvalue weighted by Crippen LogP contribution is -2.41. The highest BCUT2D eigenvalue weighted by atomic mass is 16.7. The maximum atomic E-state index is 9.27. The van der Waals surface area contributed by atoms with Gasteiger partial charge in [-0.1, -0.05) is 6.92 Å². The average molecular weight is 258 g/mol. The molecule has 0 unspecified atom stereocenters. The van der Waals surface area contributed by atoms with Gasteiger partial charge in [-0.3, -0.25) is 4.98 Å². The normalized spacial score (nSPS) is 20.3. The van der Waals surface area contributed by atoms with Crippen LogP contribution in [0.5, 0.6) is 0 Å². The van der Waals surface area contributed by atoms with E-state index in [-0.39, 0.29) is 0 Å². The fourth-order valence-electron chi connectivity index (χ4n) is 2.12. The molecule has 100 valence electrons. The predicted molar refractivity (Wildman–Crippen MR) is 74.0 cm³/mol. The summed E-state index contributed by atoms with van der Waals surface area (Å²) in [7, 11) is -0.525. The van der Waals surface area contributed by atoms with E-state index in [9.17, 15) is 5.26 Å². The largest absolute Gasteiger partial charge is 0.498 e. The smallest absolute Gasteiger partial charge is 0.399 e. The lowest BCUT2D eigenvalue weighted by Gasteiger charge is -2.32. The molecule has 0 radical (unpaired) electrons. The second-order valence-corrected chi connectivity index (χ2v) is 5.77.